The predicted octanol–water partition coefficient (Wildman–Crippen LogP) is 4.73. The number of aromatic carboxylic acids is 1. The molecule has 0 aliphatic heterocycles. The van der Waals surface area contributed by atoms with Crippen LogP contribution in [-0.2, 0) is 0 Å². The first-order chi connectivity index (χ1) is 8.97. The highest BCUT2D eigenvalue weighted by atomic mass is 79.9. The Balaban J connectivity index is 2.26. The zero-order chi connectivity index (χ0) is 14.0. The van der Waals surface area contributed by atoms with Crippen molar-refractivity contribution in [3.63, 3.8) is 0 Å². The Hall–Kier alpha value is -1.59. The molecule has 0 heterocycles. The van der Waals surface area contributed by atoms with Gasteiger partial charge in [-0.1, -0.05) is 11.6 Å². The fourth-order valence-corrected chi connectivity index (χ4v) is 2.09. The van der Waals surface area contributed by atoms with Gasteiger partial charge in [0.2, 0.25) is 0 Å². The molecule has 2 aromatic carbocycles. The van der Waals surface area contributed by atoms with Crippen molar-refractivity contribution < 1.29 is 19.0 Å². The van der Waals surface area contributed by atoms with E-state index < -0.39 is 11.8 Å². The largest absolute Gasteiger partial charge is 0.478 e. The highest BCUT2D eigenvalue weighted by molar-refractivity contribution is 9.10. The number of hydrogen-bond acceptors (Lipinski definition) is 2. The summed E-state index contributed by atoms with van der Waals surface area (Å²) >= 11 is 8.82. The molecule has 19 heavy (non-hydrogen) atoms. The fraction of sp³-hybridized carbons (Fsp3) is 0. The molecule has 0 saturated carbocycles. The first-order valence-corrected chi connectivity index (χ1v) is 6.30. The summed E-state index contributed by atoms with van der Waals surface area (Å²) in [5.41, 5.74) is 0.147. The van der Waals surface area contributed by atoms with Crippen molar-refractivity contribution in [2.75, 3.05) is 0 Å². The van der Waals surface area contributed by atoms with Gasteiger partial charge in [0.25, 0.3) is 0 Å². The molecule has 0 fully saturated rings. The molecule has 0 atom stereocenters. The minimum absolute atomic E-state index is 0.0135. The van der Waals surface area contributed by atoms with Crippen molar-refractivity contribution in [2.24, 2.45) is 0 Å². The lowest BCUT2D eigenvalue weighted by atomic mass is 10.2. The smallest absolute Gasteiger partial charge is 0.335 e. The second-order valence-electron chi connectivity index (χ2n) is 3.63. The first kappa shape index (κ1) is 13.8. The highest BCUT2D eigenvalue weighted by Gasteiger charge is 2.09. The van der Waals surface area contributed by atoms with Crippen LogP contribution in [0.1, 0.15) is 10.4 Å². The van der Waals surface area contributed by atoms with Crippen LogP contribution in [0.4, 0.5) is 4.39 Å². The van der Waals surface area contributed by atoms with E-state index in [0.29, 0.717) is 10.2 Å². The molecule has 3 nitrogen and oxygen atoms in total. The summed E-state index contributed by atoms with van der Waals surface area (Å²) in [7, 11) is 0. The molecule has 0 radical (unpaired) electrons. The molecule has 2 aromatic rings. The topological polar surface area (TPSA) is 46.5 Å². The first-order valence-electron chi connectivity index (χ1n) is 5.13. The Bertz CT molecular complexity index is 629. The van der Waals surface area contributed by atoms with Gasteiger partial charge in [0.15, 0.2) is 0 Å². The lowest BCUT2D eigenvalue weighted by Gasteiger charge is -2.08. The van der Waals surface area contributed by atoms with Crippen molar-refractivity contribution in [1.82, 2.24) is 0 Å². The molecule has 0 aromatic heterocycles. The minimum Gasteiger partial charge on any atom is -0.478 e. The lowest BCUT2D eigenvalue weighted by molar-refractivity contribution is 0.0697. The normalized spacial score (nSPS) is 10.3. The Morgan fingerprint density at radius 1 is 1.26 bits per heavy atom. The van der Waals surface area contributed by atoms with E-state index in [0.717, 1.165) is 6.07 Å². The Kier molecular flexibility index (Phi) is 4.07. The highest BCUT2D eigenvalue weighted by Crippen LogP contribution is 2.33. The van der Waals surface area contributed by atoms with E-state index >= 15 is 0 Å². The maximum absolute atomic E-state index is 13.3. The van der Waals surface area contributed by atoms with Gasteiger partial charge in [-0.15, -0.1) is 0 Å². The van der Waals surface area contributed by atoms with Crippen molar-refractivity contribution >= 4 is 33.5 Å². The zero-order valence-electron chi connectivity index (χ0n) is 9.36. The van der Waals surface area contributed by atoms with E-state index in [1.165, 1.54) is 30.3 Å². The molecule has 2 rings (SSSR count). The van der Waals surface area contributed by atoms with Crippen LogP contribution in [0, 0.1) is 5.82 Å². The van der Waals surface area contributed by atoms with E-state index in [9.17, 15) is 9.18 Å². The van der Waals surface area contributed by atoms with Crippen LogP contribution in [0.25, 0.3) is 0 Å². The minimum atomic E-state index is -1.02. The molecule has 0 aliphatic carbocycles. The van der Waals surface area contributed by atoms with Gasteiger partial charge in [-0.2, -0.15) is 0 Å². The maximum atomic E-state index is 13.3. The number of benzene rings is 2. The Labute approximate surface area is 121 Å². The number of carboxylic acid groups (broad SMARTS) is 1. The quantitative estimate of drug-likeness (QED) is 0.818. The molecule has 0 bridgehead atoms. The van der Waals surface area contributed by atoms with Crippen molar-refractivity contribution in [3.05, 3.63) is 57.3 Å². The number of hydrogen-bond donors (Lipinski definition) is 1. The third kappa shape index (κ3) is 3.24. The van der Waals surface area contributed by atoms with E-state index in [1.807, 2.05) is 0 Å². The van der Waals surface area contributed by atoms with Crippen LogP contribution < -0.4 is 4.74 Å². The Morgan fingerprint density at radius 2 is 1.89 bits per heavy atom. The summed E-state index contributed by atoms with van der Waals surface area (Å²) in [6.07, 6.45) is 0. The summed E-state index contributed by atoms with van der Waals surface area (Å²) in [4.78, 5) is 10.7. The monoisotopic (exact) mass is 344 g/mol. The van der Waals surface area contributed by atoms with Crippen LogP contribution in [0.15, 0.2) is 40.9 Å². The average molecular weight is 346 g/mol. The van der Waals surface area contributed by atoms with E-state index in [1.54, 1.807) is 0 Å². The SMILES string of the molecule is O=C(O)c1ccc(Oc2cc(F)c(Cl)cc2Br)cc1. The number of carbonyl (C=O) groups is 1. The second kappa shape index (κ2) is 5.59. The van der Waals surface area contributed by atoms with E-state index in [-0.39, 0.29) is 16.3 Å². The number of carboxylic acids is 1. The summed E-state index contributed by atoms with van der Waals surface area (Å²) in [6, 6.07) is 8.32. The van der Waals surface area contributed by atoms with Gasteiger partial charge < -0.3 is 9.84 Å². The van der Waals surface area contributed by atoms with Gasteiger partial charge in [0.05, 0.1) is 15.1 Å². The van der Waals surface area contributed by atoms with Gasteiger partial charge in [-0.25, -0.2) is 9.18 Å². The van der Waals surface area contributed by atoms with Gasteiger partial charge >= 0.3 is 5.97 Å². The summed E-state index contributed by atoms with van der Waals surface area (Å²) in [6.45, 7) is 0. The lowest BCUT2D eigenvalue weighted by Crippen LogP contribution is -1.95. The van der Waals surface area contributed by atoms with Gasteiger partial charge in [-0.3, -0.25) is 0 Å². The molecule has 98 valence electrons. The third-order valence-electron chi connectivity index (χ3n) is 2.30. The summed E-state index contributed by atoms with van der Waals surface area (Å²) in [5, 5.41) is 8.75. The van der Waals surface area contributed by atoms with Crippen molar-refractivity contribution in [3.8, 4) is 11.5 Å². The number of ether oxygens (including phenoxy) is 1. The van der Waals surface area contributed by atoms with Crippen LogP contribution in [-0.4, -0.2) is 11.1 Å². The summed E-state index contributed by atoms with van der Waals surface area (Å²) in [5.74, 6) is -0.968. The van der Waals surface area contributed by atoms with Crippen LogP contribution in [0.2, 0.25) is 5.02 Å². The van der Waals surface area contributed by atoms with Gasteiger partial charge in [-0.05, 0) is 46.3 Å². The molecule has 6 heteroatoms. The molecule has 0 saturated heterocycles. The maximum Gasteiger partial charge on any atom is 0.335 e. The Morgan fingerprint density at radius 3 is 2.47 bits per heavy atom. The van der Waals surface area contributed by atoms with Crippen LogP contribution in [0.5, 0.6) is 11.5 Å². The summed E-state index contributed by atoms with van der Waals surface area (Å²) < 4.78 is 19.3. The number of halogens is 3. The zero-order valence-corrected chi connectivity index (χ0v) is 11.7. The third-order valence-corrected chi connectivity index (χ3v) is 3.21. The van der Waals surface area contributed by atoms with E-state index in [4.69, 9.17) is 21.4 Å². The van der Waals surface area contributed by atoms with Crippen LogP contribution in [0.3, 0.4) is 0 Å². The fourth-order valence-electron chi connectivity index (χ4n) is 1.38. The molecular formula is C13H7BrClFO3. The molecule has 1 N–H and O–H groups in total. The predicted molar refractivity (Wildman–Crippen MR) is 72.6 cm³/mol. The molecule has 0 unspecified atom stereocenters. The van der Waals surface area contributed by atoms with Crippen molar-refractivity contribution in [1.29, 1.82) is 0 Å². The average Bonchev–Trinajstić information content (AvgIpc) is 2.36. The van der Waals surface area contributed by atoms with Crippen molar-refractivity contribution in [2.45, 2.75) is 0 Å². The number of rotatable bonds is 3. The van der Waals surface area contributed by atoms with Gasteiger partial charge in [0, 0.05) is 6.07 Å². The second-order valence-corrected chi connectivity index (χ2v) is 4.89. The molecular weight excluding hydrogens is 338 g/mol. The standard InChI is InChI=1S/C13H7BrClFO3/c14-9-5-10(15)11(16)6-12(9)19-8-3-1-7(2-4-8)13(17)18/h1-6H,(H,17,18). The van der Waals surface area contributed by atoms with E-state index in [2.05, 4.69) is 15.9 Å². The molecule has 0 spiro atoms. The molecule has 0 aliphatic rings. The van der Waals surface area contributed by atoms with Gasteiger partial charge in [0.1, 0.15) is 17.3 Å². The van der Waals surface area contributed by atoms with Crippen LogP contribution >= 0.6 is 27.5 Å². The molecule has 0 amide bonds.